The molecule has 0 unspecified atom stereocenters. The number of hydrogen-bond acceptors (Lipinski definition) is 3. The first-order valence-electron chi connectivity index (χ1n) is 6.33. The number of carbonyl (C=O) groups is 1. The Labute approximate surface area is 101 Å². The lowest BCUT2D eigenvalue weighted by molar-refractivity contribution is 0.0730. The number of likely N-dealkylation sites (tertiary alicyclic amines) is 1. The van der Waals surface area contributed by atoms with Crippen molar-refractivity contribution in [3.05, 3.63) is 24.2 Å². The maximum atomic E-state index is 12.2. The molecule has 1 aromatic heterocycles. The number of carbonyl (C=O) groups excluding carboxylic acids is 1. The smallest absolute Gasteiger partial charge is 0.289 e. The first kappa shape index (κ1) is 10.8. The quantitative estimate of drug-likeness (QED) is 0.801. The molecule has 2 fully saturated rings. The van der Waals surface area contributed by atoms with Crippen molar-refractivity contribution in [2.24, 2.45) is 5.41 Å². The number of nitrogens with one attached hydrogen (secondary N) is 1. The fourth-order valence-electron chi connectivity index (χ4n) is 3.03. The van der Waals surface area contributed by atoms with E-state index in [-0.39, 0.29) is 5.91 Å². The Morgan fingerprint density at radius 2 is 2.18 bits per heavy atom. The van der Waals surface area contributed by atoms with E-state index in [0.717, 1.165) is 32.6 Å². The van der Waals surface area contributed by atoms with Crippen LogP contribution in [-0.4, -0.2) is 37.0 Å². The van der Waals surface area contributed by atoms with Crippen molar-refractivity contribution < 1.29 is 9.21 Å². The summed E-state index contributed by atoms with van der Waals surface area (Å²) in [6.07, 6.45) is 5.08. The third kappa shape index (κ3) is 1.97. The summed E-state index contributed by atoms with van der Waals surface area (Å²) < 4.78 is 5.18. The van der Waals surface area contributed by atoms with Gasteiger partial charge in [-0.05, 0) is 49.9 Å². The molecule has 4 nitrogen and oxygen atoms in total. The second kappa shape index (κ2) is 4.18. The normalized spacial score (nSPS) is 23.2. The molecule has 1 amide bonds. The minimum atomic E-state index is 0.0467. The van der Waals surface area contributed by atoms with E-state index in [1.807, 2.05) is 4.90 Å². The lowest BCUT2D eigenvalue weighted by Gasteiger charge is -2.33. The standard InChI is InChI=1S/C13H18N2O2/c16-12(11-2-1-9-17-11)15-8-5-13(10-15)3-6-14-7-4-13/h1-2,9,14H,3-8,10H2. The number of amides is 1. The van der Waals surface area contributed by atoms with E-state index in [1.165, 1.54) is 12.8 Å². The molecule has 2 aliphatic rings. The molecule has 2 saturated heterocycles. The van der Waals surface area contributed by atoms with Gasteiger partial charge in [0, 0.05) is 13.1 Å². The first-order valence-corrected chi connectivity index (χ1v) is 6.33. The molecule has 17 heavy (non-hydrogen) atoms. The topological polar surface area (TPSA) is 45.5 Å². The molecule has 4 heteroatoms. The Hall–Kier alpha value is -1.29. The van der Waals surface area contributed by atoms with Gasteiger partial charge in [0.05, 0.1) is 6.26 Å². The Kier molecular flexibility index (Phi) is 2.67. The summed E-state index contributed by atoms with van der Waals surface area (Å²) in [6, 6.07) is 3.51. The number of nitrogens with zero attached hydrogens (tertiary/aromatic N) is 1. The van der Waals surface area contributed by atoms with Crippen LogP contribution in [0.15, 0.2) is 22.8 Å². The van der Waals surface area contributed by atoms with Gasteiger partial charge in [0.25, 0.3) is 5.91 Å². The zero-order chi connectivity index (χ0) is 11.7. The van der Waals surface area contributed by atoms with Crippen molar-refractivity contribution in [2.45, 2.75) is 19.3 Å². The van der Waals surface area contributed by atoms with Gasteiger partial charge >= 0.3 is 0 Å². The summed E-state index contributed by atoms with van der Waals surface area (Å²) in [6.45, 7) is 3.94. The van der Waals surface area contributed by atoms with E-state index in [4.69, 9.17) is 4.42 Å². The van der Waals surface area contributed by atoms with Crippen molar-refractivity contribution >= 4 is 5.91 Å². The van der Waals surface area contributed by atoms with Crippen LogP contribution >= 0.6 is 0 Å². The van der Waals surface area contributed by atoms with Gasteiger partial charge < -0.3 is 14.6 Å². The van der Waals surface area contributed by atoms with Crippen LogP contribution in [0, 0.1) is 5.41 Å². The van der Waals surface area contributed by atoms with Crippen LogP contribution in [0.25, 0.3) is 0 Å². The van der Waals surface area contributed by atoms with Crippen LogP contribution in [0.3, 0.4) is 0 Å². The SMILES string of the molecule is O=C(c1ccco1)N1CCC2(CCNCC2)C1. The number of piperidine rings is 1. The molecule has 0 aromatic carbocycles. The highest BCUT2D eigenvalue weighted by atomic mass is 16.3. The third-order valence-electron chi connectivity index (χ3n) is 4.12. The molecule has 1 aromatic rings. The zero-order valence-electron chi connectivity index (χ0n) is 9.95. The van der Waals surface area contributed by atoms with E-state index < -0.39 is 0 Å². The van der Waals surface area contributed by atoms with E-state index in [0.29, 0.717) is 11.2 Å². The third-order valence-corrected chi connectivity index (χ3v) is 4.12. The largest absolute Gasteiger partial charge is 0.459 e. The van der Waals surface area contributed by atoms with Gasteiger partial charge in [0.2, 0.25) is 0 Å². The minimum Gasteiger partial charge on any atom is -0.459 e. The zero-order valence-corrected chi connectivity index (χ0v) is 9.95. The Morgan fingerprint density at radius 3 is 2.88 bits per heavy atom. The fraction of sp³-hybridized carbons (Fsp3) is 0.615. The molecule has 2 aliphatic heterocycles. The predicted octanol–water partition coefficient (Wildman–Crippen LogP) is 1.50. The van der Waals surface area contributed by atoms with Crippen LogP contribution in [-0.2, 0) is 0 Å². The maximum absolute atomic E-state index is 12.2. The summed E-state index contributed by atoms with van der Waals surface area (Å²) in [5.74, 6) is 0.515. The maximum Gasteiger partial charge on any atom is 0.289 e. The molecular weight excluding hydrogens is 216 g/mol. The Bertz CT molecular complexity index is 394. The second-order valence-corrected chi connectivity index (χ2v) is 5.20. The van der Waals surface area contributed by atoms with Gasteiger partial charge in [-0.25, -0.2) is 0 Å². The van der Waals surface area contributed by atoms with Gasteiger partial charge in [0.15, 0.2) is 5.76 Å². The van der Waals surface area contributed by atoms with Crippen molar-refractivity contribution in [3.8, 4) is 0 Å². The summed E-state index contributed by atoms with van der Waals surface area (Å²) in [5, 5.41) is 3.39. The van der Waals surface area contributed by atoms with Crippen LogP contribution in [0.2, 0.25) is 0 Å². The molecule has 0 bridgehead atoms. The minimum absolute atomic E-state index is 0.0467. The Balaban J connectivity index is 1.69. The van der Waals surface area contributed by atoms with Crippen molar-refractivity contribution in [1.82, 2.24) is 10.2 Å². The van der Waals surface area contributed by atoms with Crippen LogP contribution in [0.5, 0.6) is 0 Å². The van der Waals surface area contributed by atoms with Gasteiger partial charge in [-0.2, -0.15) is 0 Å². The van der Waals surface area contributed by atoms with Crippen LogP contribution in [0.1, 0.15) is 29.8 Å². The second-order valence-electron chi connectivity index (χ2n) is 5.20. The van der Waals surface area contributed by atoms with Gasteiger partial charge in [0.1, 0.15) is 0 Å². The molecule has 0 radical (unpaired) electrons. The van der Waals surface area contributed by atoms with Gasteiger partial charge in [-0.15, -0.1) is 0 Å². The fourth-order valence-corrected chi connectivity index (χ4v) is 3.03. The molecule has 3 rings (SSSR count). The molecular formula is C13H18N2O2. The lowest BCUT2D eigenvalue weighted by atomic mass is 9.78. The first-order chi connectivity index (χ1) is 8.29. The molecule has 0 saturated carbocycles. The molecule has 1 spiro atoms. The molecule has 0 atom stereocenters. The highest BCUT2D eigenvalue weighted by Crippen LogP contribution is 2.38. The van der Waals surface area contributed by atoms with E-state index in [1.54, 1.807) is 18.4 Å². The number of rotatable bonds is 1. The van der Waals surface area contributed by atoms with Gasteiger partial charge in [-0.1, -0.05) is 0 Å². The average Bonchev–Trinajstić information content (AvgIpc) is 2.99. The summed E-state index contributed by atoms with van der Waals surface area (Å²) >= 11 is 0. The van der Waals surface area contributed by atoms with Crippen LogP contribution in [0.4, 0.5) is 0 Å². The Morgan fingerprint density at radius 1 is 1.35 bits per heavy atom. The summed E-state index contributed by atoms with van der Waals surface area (Å²) in [5.41, 5.74) is 0.369. The van der Waals surface area contributed by atoms with Crippen molar-refractivity contribution in [3.63, 3.8) is 0 Å². The monoisotopic (exact) mass is 234 g/mol. The van der Waals surface area contributed by atoms with E-state index in [9.17, 15) is 4.79 Å². The number of furan rings is 1. The molecule has 92 valence electrons. The molecule has 0 aliphatic carbocycles. The number of hydrogen-bond donors (Lipinski definition) is 1. The van der Waals surface area contributed by atoms with E-state index in [2.05, 4.69) is 5.32 Å². The van der Waals surface area contributed by atoms with Crippen molar-refractivity contribution in [2.75, 3.05) is 26.2 Å². The summed E-state index contributed by atoms with van der Waals surface area (Å²) in [7, 11) is 0. The highest BCUT2D eigenvalue weighted by molar-refractivity contribution is 5.91. The van der Waals surface area contributed by atoms with Gasteiger partial charge in [-0.3, -0.25) is 4.79 Å². The lowest BCUT2D eigenvalue weighted by Crippen LogP contribution is -2.39. The average molecular weight is 234 g/mol. The summed E-state index contributed by atoms with van der Waals surface area (Å²) in [4.78, 5) is 14.1. The van der Waals surface area contributed by atoms with E-state index >= 15 is 0 Å². The highest BCUT2D eigenvalue weighted by Gasteiger charge is 2.40. The van der Waals surface area contributed by atoms with Crippen molar-refractivity contribution in [1.29, 1.82) is 0 Å². The molecule has 1 N–H and O–H groups in total. The van der Waals surface area contributed by atoms with Crippen LogP contribution < -0.4 is 5.32 Å². The molecule has 3 heterocycles. The predicted molar refractivity (Wildman–Crippen MR) is 63.8 cm³/mol.